The van der Waals surface area contributed by atoms with Crippen LogP contribution in [0.1, 0.15) is 5.69 Å². The number of aryl methyl sites for hydroxylation is 1. The standard InChI is InChI=1S/C19H16N8S2/c1-12-7-16(29-25-12)23-18-19-21-9-15(13-8-22-27(20)10-13)26(19)11-17(24-18)28-14-5-3-2-4-6-14/h2-11H,20H2,1H3,(H,23,24). The van der Waals surface area contributed by atoms with Crippen LogP contribution < -0.4 is 11.2 Å². The molecule has 0 saturated carbocycles. The van der Waals surface area contributed by atoms with Crippen LogP contribution >= 0.6 is 23.3 Å². The normalized spacial score (nSPS) is 11.2. The molecule has 0 aliphatic rings. The number of nitrogen functional groups attached to an aromatic ring is 1. The Bertz CT molecular complexity index is 1290. The molecule has 5 rings (SSSR count). The SMILES string of the molecule is Cc1cc(Nc2nc(Sc3ccccc3)cn3c(-c4cnn(N)c4)cnc23)sn1. The van der Waals surface area contributed by atoms with Crippen molar-refractivity contribution in [3.05, 3.63) is 66.9 Å². The third kappa shape index (κ3) is 3.55. The maximum Gasteiger partial charge on any atom is 0.181 e. The highest BCUT2D eigenvalue weighted by Gasteiger charge is 2.15. The predicted octanol–water partition coefficient (Wildman–Crippen LogP) is 3.97. The lowest BCUT2D eigenvalue weighted by molar-refractivity contribution is 0.832. The number of hydrogen-bond acceptors (Lipinski definition) is 8. The van der Waals surface area contributed by atoms with Crippen molar-refractivity contribution < 1.29 is 0 Å². The molecule has 0 saturated heterocycles. The van der Waals surface area contributed by atoms with Gasteiger partial charge in [-0.15, -0.1) is 0 Å². The molecule has 0 unspecified atom stereocenters. The van der Waals surface area contributed by atoms with E-state index in [9.17, 15) is 0 Å². The quantitative estimate of drug-likeness (QED) is 0.415. The molecule has 0 fully saturated rings. The van der Waals surface area contributed by atoms with Gasteiger partial charge in [0.2, 0.25) is 0 Å². The lowest BCUT2D eigenvalue weighted by Crippen LogP contribution is -2.07. The second-order valence-corrected chi connectivity index (χ2v) is 8.25. The van der Waals surface area contributed by atoms with Gasteiger partial charge in [-0.3, -0.25) is 4.40 Å². The Morgan fingerprint density at radius 3 is 2.72 bits per heavy atom. The molecule has 1 aromatic carbocycles. The van der Waals surface area contributed by atoms with Crippen molar-refractivity contribution in [3.8, 4) is 11.3 Å². The number of anilines is 2. The first kappa shape index (κ1) is 17.7. The van der Waals surface area contributed by atoms with Gasteiger partial charge in [0.1, 0.15) is 10.0 Å². The van der Waals surface area contributed by atoms with Crippen LogP contribution in [0.15, 0.2) is 71.1 Å². The molecule has 29 heavy (non-hydrogen) atoms. The minimum atomic E-state index is 0.668. The minimum absolute atomic E-state index is 0.668. The summed E-state index contributed by atoms with van der Waals surface area (Å²) in [6.45, 7) is 1.96. The van der Waals surface area contributed by atoms with Crippen molar-refractivity contribution >= 4 is 39.8 Å². The summed E-state index contributed by atoms with van der Waals surface area (Å²) in [5.74, 6) is 6.40. The van der Waals surface area contributed by atoms with E-state index in [0.29, 0.717) is 11.5 Å². The highest BCUT2D eigenvalue weighted by atomic mass is 32.2. The molecular weight excluding hydrogens is 404 g/mol. The Morgan fingerprint density at radius 1 is 1.14 bits per heavy atom. The molecule has 0 bridgehead atoms. The molecule has 0 amide bonds. The van der Waals surface area contributed by atoms with Crippen LogP contribution in [0.25, 0.3) is 16.9 Å². The van der Waals surface area contributed by atoms with Crippen molar-refractivity contribution in [2.75, 3.05) is 11.2 Å². The van der Waals surface area contributed by atoms with Crippen molar-refractivity contribution in [2.45, 2.75) is 16.8 Å². The Balaban J connectivity index is 1.64. The summed E-state index contributed by atoms with van der Waals surface area (Å²) in [4.78, 5) is 11.8. The van der Waals surface area contributed by atoms with Crippen molar-refractivity contribution in [3.63, 3.8) is 0 Å². The van der Waals surface area contributed by atoms with Gasteiger partial charge in [0.15, 0.2) is 11.5 Å². The van der Waals surface area contributed by atoms with E-state index in [1.807, 2.05) is 41.8 Å². The monoisotopic (exact) mass is 420 g/mol. The van der Waals surface area contributed by atoms with Crippen LogP contribution in [0, 0.1) is 6.92 Å². The van der Waals surface area contributed by atoms with E-state index < -0.39 is 0 Å². The van der Waals surface area contributed by atoms with Crippen LogP contribution in [0.5, 0.6) is 0 Å². The third-order valence-corrected chi connectivity index (χ3v) is 5.91. The van der Waals surface area contributed by atoms with Gasteiger partial charge in [-0.2, -0.15) is 14.3 Å². The van der Waals surface area contributed by atoms with Crippen molar-refractivity contribution in [1.29, 1.82) is 0 Å². The van der Waals surface area contributed by atoms with Gasteiger partial charge >= 0.3 is 0 Å². The maximum absolute atomic E-state index is 5.74. The second kappa shape index (κ2) is 7.22. The third-order valence-electron chi connectivity index (χ3n) is 4.20. The molecule has 3 N–H and O–H groups in total. The Kier molecular flexibility index (Phi) is 4.41. The average Bonchev–Trinajstić information content (AvgIpc) is 3.43. The van der Waals surface area contributed by atoms with E-state index in [2.05, 4.69) is 31.9 Å². The van der Waals surface area contributed by atoms with E-state index in [1.165, 1.54) is 16.3 Å². The second-order valence-electron chi connectivity index (χ2n) is 6.35. The first-order valence-corrected chi connectivity index (χ1v) is 10.4. The van der Waals surface area contributed by atoms with E-state index in [4.69, 9.17) is 10.8 Å². The number of nitrogens with one attached hydrogen (secondary N) is 1. The largest absolute Gasteiger partial charge is 0.328 e. The Morgan fingerprint density at radius 2 is 2.00 bits per heavy atom. The van der Waals surface area contributed by atoms with Gasteiger partial charge < -0.3 is 11.2 Å². The molecule has 5 aromatic rings. The molecule has 0 atom stereocenters. The Hall–Kier alpha value is -3.37. The summed E-state index contributed by atoms with van der Waals surface area (Å²) in [6.07, 6.45) is 7.25. The fourth-order valence-electron chi connectivity index (χ4n) is 2.93. The topological polar surface area (TPSA) is 99.0 Å². The number of rotatable bonds is 5. The van der Waals surface area contributed by atoms with Gasteiger partial charge in [-0.05, 0) is 36.7 Å². The van der Waals surface area contributed by atoms with Crippen LogP contribution in [-0.4, -0.2) is 28.6 Å². The fraction of sp³-hybridized carbons (Fsp3) is 0.0526. The molecule has 8 nitrogen and oxygen atoms in total. The summed E-state index contributed by atoms with van der Waals surface area (Å²) in [5, 5.41) is 9.19. The van der Waals surface area contributed by atoms with Gasteiger partial charge in [0.25, 0.3) is 0 Å². The molecule has 0 spiro atoms. The first-order valence-electron chi connectivity index (χ1n) is 8.77. The lowest BCUT2D eigenvalue weighted by atomic mass is 10.3. The zero-order valence-electron chi connectivity index (χ0n) is 15.4. The van der Waals surface area contributed by atoms with E-state index in [-0.39, 0.29) is 0 Å². The summed E-state index contributed by atoms with van der Waals surface area (Å²) < 4.78 is 6.34. The molecule has 0 radical (unpaired) electrons. The highest BCUT2D eigenvalue weighted by molar-refractivity contribution is 7.99. The van der Waals surface area contributed by atoms with Gasteiger partial charge in [-0.1, -0.05) is 30.0 Å². The summed E-state index contributed by atoms with van der Waals surface area (Å²) >= 11 is 2.98. The number of nitrogens with zero attached hydrogens (tertiary/aromatic N) is 6. The fourth-order valence-corrected chi connectivity index (χ4v) is 4.42. The van der Waals surface area contributed by atoms with E-state index in [0.717, 1.165) is 31.9 Å². The minimum Gasteiger partial charge on any atom is -0.328 e. The maximum atomic E-state index is 5.74. The zero-order chi connectivity index (χ0) is 19.8. The summed E-state index contributed by atoms with van der Waals surface area (Å²) in [6, 6.07) is 12.1. The predicted molar refractivity (Wildman–Crippen MR) is 115 cm³/mol. The van der Waals surface area contributed by atoms with Gasteiger partial charge in [0, 0.05) is 16.7 Å². The molecule has 10 heteroatoms. The average molecular weight is 421 g/mol. The van der Waals surface area contributed by atoms with Crippen molar-refractivity contribution in [1.82, 2.24) is 28.6 Å². The molecule has 0 aliphatic heterocycles. The Labute approximate surface area is 174 Å². The van der Waals surface area contributed by atoms with Crippen LogP contribution in [-0.2, 0) is 0 Å². The lowest BCUT2D eigenvalue weighted by Gasteiger charge is -2.09. The van der Waals surface area contributed by atoms with Crippen molar-refractivity contribution in [2.24, 2.45) is 0 Å². The smallest absolute Gasteiger partial charge is 0.181 e. The van der Waals surface area contributed by atoms with E-state index in [1.54, 1.807) is 30.4 Å². The summed E-state index contributed by atoms with van der Waals surface area (Å²) in [5.41, 5.74) is 3.44. The van der Waals surface area contributed by atoms with Gasteiger partial charge in [0.05, 0.1) is 30.0 Å². The van der Waals surface area contributed by atoms with E-state index >= 15 is 0 Å². The molecule has 0 aliphatic carbocycles. The molecule has 4 heterocycles. The highest BCUT2D eigenvalue weighted by Crippen LogP contribution is 2.32. The molecule has 144 valence electrons. The van der Waals surface area contributed by atoms with Crippen LogP contribution in [0.4, 0.5) is 10.8 Å². The number of benzene rings is 1. The van der Waals surface area contributed by atoms with Crippen LogP contribution in [0.3, 0.4) is 0 Å². The molecular formula is C19H16N8S2. The number of fused-ring (bicyclic) bond motifs is 1. The van der Waals surface area contributed by atoms with Gasteiger partial charge in [-0.25, -0.2) is 9.97 Å². The number of hydrogen-bond donors (Lipinski definition) is 2. The first-order chi connectivity index (χ1) is 14.2. The molecule has 4 aromatic heterocycles. The van der Waals surface area contributed by atoms with Crippen LogP contribution in [0.2, 0.25) is 0 Å². The number of aromatic nitrogens is 6. The summed E-state index contributed by atoms with van der Waals surface area (Å²) in [7, 11) is 0. The number of imidazole rings is 1. The number of nitrogens with two attached hydrogens (primary N) is 1. The zero-order valence-corrected chi connectivity index (χ0v) is 17.0.